The van der Waals surface area contributed by atoms with Crippen LogP contribution in [0.3, 0.4) is 0 Å². The zero-order valence-corrected chi connectivity index (χ0v) is 9.20. The first-order valence-corrected chi connectivity index (χ1v) is 6.37. The summed E-state index contributed by atoms with van der Waals surface area (Å²) < 4.78 is 0. The maximum Gasteiger partial charge on any atom is 0.113 e. The van der Waals surface area contributed by atoms with E-state index in [1.54, 1.807) is 0 Å². The summed E-state index contributed by atoms with van der Waals surface area (Å²) >= 11 is 1.88. The third-order valence-corrected chi connectivity index (χ3v) is 4.89. The molecule has 1 fully saturated rings. The summed E-state index contributed by atoms with van der Waals surface area (Å²) in [7, 11) is 0. The molecular weight excluding hydrogens is 192 g/mol. The van der Waals surface area contributed by atoms with Crippen LogP contribution >= 0.6 is 11.3 Å². The molecule has 3 heteroatoms. The lowest BCUT2D eigenvalue weighted by atomic mass is 9.78. The predicted molar refractivity (Wildman–Crippen MR) is 58.5 cm³/mol. The molecule has 0 aromatic carbocycles. The van der Waals surface area contributed by atoms with Gasteiger partial charge >= 0.3 is 0 Å². The molecule has 76 valence electrons. The van der Waals surface area contributed by atoms with Crippen molar-refractivity contribution >= 4 is 11.3 Å². The molecule has 14 heavy (non-hydrogen) atoms. The van der Waals surface area contributed by atoms with Crippen LogP contribution in [0.15, 0.2) is 0 Å². The summed E-state index contributed by atoms with van der Waals surface area (Å²) in [4.78, 5) is 6.25. The van der Waals surface area contributed by atoms with Crippen LogP contribution in [-0.4, -0.2) is 4.98 Å². The number of aromatic nitrogens is 1. The van der Waals surface area contributed by atoms with Crippen LogP contribution in [0.4, 0.5) is 0 Å². The number of hydrogen-bond acceptors (Lipinski definition) is 3. The van der Waals surface area contributed by atoms with E-state index >= 15 is 0 Å². The SMILES string of the molecule is NC1(c2nc3c(s2)CCCC3)CCC1. The fourth-order valence-corrected chi connectivity index (χ4v) is 3.65. The highest BCUT2D eigenvalue weighted by Crippen LogP contribution is 2.42. The minimum atomic E-state index is -0.0397. The zero-order chi connectivity index (χ0) is 9.60. The molecule has 2 aliphatic rings. The first-order chi connectivity index (χ1) is 6.78. The van der Waals surface area contributed by atoms with Gasteiger partial charge in [-0.3, -0.25) is 0 Å². The molecule has 3 rings (SSSR count). The molecule has 1 saturated carbocycles. The molecule has 1 heterocycles. The second-order valence-corrected chi connectivity index (χ2v) is 5.69. The molecule has 0 amide bonds. The quantitative estimate of drug-likeness (QED) is 0.769. The third-order valence-electron chi connectivity index (χ3n) is 3.52. The number of rotatable bonds is 1. The Kier molecular flexibility index (Phi) is 1.92. The van der Waals surface area contributed by atoms with E-state index in [2.05, 4.69) is 0 Å². The normalized spacial score (nSPS) is 24.1. The number of aryl methyl sites for hydroxylation is 2. The zero-order valence-electron chi connectivity index (χ0n) is 8.38. The molecule has 0 aliphatic heterocycles. The van der Waals surface area contributed by atoms with Crippen molar-refractivity contribution in [2.24, 2.45) is 5.73 Å². The van der Waals surface area contributed by atoms with Crippen molar-refractivity contribution in [3.63, 3.8) is 0 Å². The van der Waals surface area contributed by atoms with Gasteiger partial charge in [0.1, 0.15) is 5.01 Å². The molecule has 0 spiro atoms. The number of hydrogen-bond donors (Lipinski definition) is 1. The van der Waals surface area contributed by atoms with Gasteiger partial charge in [0.05, 0.1) is 11.2 Å². The average Bonchev–Trinajstić information content (AvgIpc) is 2.57. The highest BCUT2D eigenvalue weighted by Gasteiger charge is 2.38. The van der Waals surface area contributed by atoms with Crippen LogP contribution in [0, 0.1) is 0 Å². The van der Waals surface area contributed by atoms with Crippen molar-refractivity contribution in [3.8, 4) is 0 Å². The largest absolute Gasteiger partial charge is 0.319 e. The summed E-state index contributed by atoms with van der Waals surface area (Å²) in [5, 5.41) is 1.22. The van der Waals surface area contributed by atoms with Gasteiger partial charge in [0, 0.05) is 4.88 Å². The summed E-state index contributed by atoms with van der Waals surface area (Å²) in [6, 6.07) is 0. The van der Waals surface area contributed by atoms with Gasteiger partial charge in [0.25, 0.3) is 0 Å². The molecule has 0 atom stereocenters. The molecular formula is C11H16N2S. The number of nitrogens with zero attached hydrogens (tertiary/aromatic N) is 1. The van der Waals surface area contributed by atoms with E-state index in [-0.39, 0.29) is 5.54 Å². The molecule has 0 radical (unpaired) electrons. The van der Waals surface area contributed by atoms with Gasteiger partial charge in [-0.1, -0.05) is 0 Å². The lowest BCUT2D eigenvalue weighted by Crippen LogP contribution is -2.43. The maximum atomic E-state index is 6.28. The first-order valence-electron chi connectivity index (χ1n) is 5.56. The van der Waals surface area contributed by atoms with Gasteiger partial charge in [-0.05, 0) is 44.9 Å². The number of thiazole rings is 1. The Morgan fingerprint density at radius 1 is 1.14 bits per heavy atom. The van der Waals surface area contributed by atoms with E-state index in [1.807, 2.05) is 11.3 Å². The molecule has 0 bridgehead atoms. The van der Waals surface area contributed by atoms with Crippen LogP contribution in [-0.2, 0) is 18.4 Å². The Balaban J connectivity index is 1.95. The van der Waals surface area contributed by atoms with Crippen molar-refractivity contribution in [3.05, 3.63) is 15.6 Å². The molecule has 0 unspecified atom stereocenters. The molecule has 1 aromatic rings. The topological polar surface area (TPSA) is 38.9 Å². The smallest absolute Gasteiger partial charge is 0.113 e. The van der Waals surface area contributed by atoms with Gasteiger partial charge in [0.15, 0.2) is 0 Å². The van der Waals surface area contributed by atoms with E-state index in [4.69, 9.17) is 10.7 Å². The second-order valence-electron chi connectivity index (χ2n) is 4.61. The average molecular weight is 208 g/mol. The lowest BCUT2D eigenvalue weighted by Gasteiger charge is -2.35. The summed E-state index contributed by atoms with van der Waals surface area (Å²) in [6.45, 7) is 0. The van der Waals surface area contributed by atoms with Gasteiger partial charge in [-0.15, -0.1) is 11.3 Å². The van der Waals surface area contributed by atoms with Crippen LogP contribution in [0.5, 0.6) is 0 Å². The Morgan fingerprint density at radius 2 is 1.93 bits per heavy atom. The standard InChI is InChI=1S/C11H16N2S/c12-11(6-3-7-11)10-13-8-4-1-2-5-9(8)14-10/h1-7,12H2. The summed E-state index contributed by atoms with van der Waals surface area (Å²) in [5.41, 5.74) is 7.60. The maximum absolute atomic E-state index is 6.28. The van der Waals surface area contributed by atoms with E-state index in [0.717, 1.165) is 12.8 Å². The minimum absolute atomic E-state index is 0.0397. The van der Waals surface area contributed by atoms with Crippen LogP contribution in [0.1, 0.15) is 47.7 Å². The Morgan fingerprint density at radius 3 is 2.57 bits per heavy atom. The fraction of sp³-hybridized carbons (Fsp3) is 0.727. The third kappa shape index (κ3) is 1.22. The highest BCUT2D eigenvalue weighted by atomic mass is 32.1. The van der Waals surface area contributed by atoms with Gasteiger partial charge in [0.2, 0.25) is 0 Å². The Labute approximate surface area is 88.5 Å². The second kappa shape index (κ2) is 3.04. The molecule has 2 nitrogen and oxygen atoms in total. The van der Waals surface area contributed by atoms with E-state index in [0.29, 0.717) is 0 Å². The molecule has 0 saturated heterocycles. The monoisotopic (exact) mass is 208 g/mol. The van der Waals surface area contributed by atoms with E-state index < -0.39 is 0 Å². The van der Waals surface area contributed by atoms with Crippen LogP contribution < -0.4 is 5.73 Å². The Hall–Kier alpha value is -0.410. The van der Waals surface area contributed by atoms with Gasteiger partial charge in [-0.25, -0.2) is 4.98 Å². The molecule has 2 aliphatic carbocycles. The van der Waals surface area contributed by atoms with E-state index in [9.17, 15) is 0 Å². The van der Waals surface area contributed by atoms with Gasteiger partial charge in [-0.2, -0.15) is 0 Å². The summed E-state index contributed by atoms with van der Waals surface area (Å²) in [5.74, 6) is 0. The van der Waals surface area contributed by atoms with Crippen molar-refractivity contribution in [2.45, 2.75) is 50.5 Å². The molecule has 2 N–H and O–H groups in total. The van der Waals surface area contributed by atoms with Crippen molar-refractivity contribution in [1.82, 2.24) is 4.98 Å². The summed E-state index contributed by atoms with van der Waals surface area (Å²) in [6.07, 6.45) is 8.63. The van der Waals surface area contributed by atoms with Crippen molar-refractivity contribution < 1.29 is 0 Å². The van der Waals surface area contributed by atoms with E-state index in [1.165, 1.54) is 47.7 Å². The number of fused-ring (bicyclic) bond motifs is 1. The van der Waals surface area contributed by atoms with Crippen molar-refractivity contribution in [2.75, 3.05) is 0 Å². The van der Waals surface area contributed by atoms with Crippen LogP contribution in [0.25, 0.3) is 0 Å². The molecule has 1 aromatic heterocycles. The van der Waals surface area contributed by atoms with Crippen molar-refractivity contribution in [1.29, 1.82) is 0 Å². The first kappa shape index (κ1) is 8.86. The van der Waals surface area contributed by atoms with Crippen LogP contribution in [0.2, 0.25) is 0 Å². The minimum Gasteiger partial charge on any atom is -0.319 e. The Bertz CT molecular complexity index is 329. The van der Waals surface area contributed by atoms with Gasteiger partial charge < -0.3 is 5.73 Å². The lowest BCUT2D eigenvalue weighted by molar-refractivity contribution is 0.252. The number of nitrogens with two attached hydrogens (primary N) is 1. The highest BCUT2D eigenvalue weighted by molar-refractivity contribution is 7.11. The fourth-order valence-electron chi connectivity index (χ4n) is 2.34. The predicted octanol–water partition coefficient (Wildman–Crippen LogP) is 2.36.